The quantitative estimate of drug-likeness (QED) is 0.446. The Kier molecular flexibility index (Phi) is 6.05. The zero-order valence-electron chi connectivity index (χ0n) is 11.4. The summed E-state index contributed by atoms with van der Waals surface area (Å²) < 4.78 is 4.77. The van der Waals surface area contributed by atoms with Gasteiger partial charge in [0.15, 0.2) is 0 Å². The summed E-state index contributed by atoms with van der Waals surface area (Å²) in [5, 5.41) is 0. The van der Waals surface area contributed by atoms with E-state index in [1.54, 1.807) is 0 Å². The molecule has 1 unspecified atom stereocenters. The van der Waals surface area contributed by atoms with Crippen LogP contribution in [0.25, 0.3) is 0 Å². The van der Waals surface area contributed by atoms with Crippen molar-refractivity contribution in [2.24, 2.45) is 0 Å². The molecular formula is C16H17NO3. The molecule has 104 valence electrons. The van der Waals surface area contributed by atoms with Crippen LogP contribution in [-0.2, 0) is 20.7 Å². The van der Waals surface area contributed by atoms with Crippen LogP contribution in [0.4, 0.5) is 0 Å². The fourth-order valence-corrected chi connectivity index (χ4v) is 1.85. The van der Waals surface area contributed by atoms with Crippen molar-refractivity contribution in [1.29, 1.82) is 0 Å². The molecule has 0 fully saturated rings. The first kappa shape index (κ1) is 15.5. The van der Waals surface area contributed by atoms with Crippen molar-refractivity contribution >= 4 is 11.9 Å². The van der Waals surface area contributed by atoms with Gasteiger partial charge < -0.3 is 9.64 Å². The van der Waals surface area contributed by atoms with Gasteiger partial charge in [-0.15, -0.1) is 6.42 Å². The largest absolute Gasteiger partial charge is 0.467 e. The number of terminal acetylenes is 1. The lowest BCUT2D eigenvalue weighted by atomic mass is 10.0. The molecule has 0 aliphatic heterocycles. The van der Waals surface area contributed by atoms with Gasteiger partial charge >= 0.3 is 5.97 Å². The molecule has 0 aliphatic rings. The third-order valence-corrected chi connectivity index (χ3v) is 2.84. The normalized spacial score (nSPS) is 11.0. The Balaban J connectivity index is 3.03. The van der Waals surface area contributed by atoms with E-state index in [1.165, 1.54) is 12.0 Å². The van der Waals surface area contributed by atoms with Gasteiger partial charge in [-0.2, -0.15) is 0 Å². The minimum atomic E-state index is -0.760. The highest BCUT2D eigenvalue weighted by atomic mass is 16.5. The minimum Gasteiger partial charge on any atom is -0.467 e. The van der Waals surface area contributed by atoms with Crippen LogP contribution < -0.4 is 0 Å². The van der Waals surface area contributed by atoms with Gasteiger partial charge in [0, 0.05) is 6.42 Å². The predicted molar refractivity (Wildman–Crippen MR) is 76.7 cm³/mol. The molecule has 0 N–H and O–H groups in total. The number of hydrogen-bond donors (Lipinski definition) is 0. The molecule has 0 radical (unpaired) electrons. The highest BCUT2D eigenvalue weighted by Crippen LogP contribution is 2.11. The summed E-state index contributed by atoms with van der Waals surface area (Å²) in [5.74, 6) is 1.48. The first-order chi connectivity index (χ1) is 9.63. The van der Waals surface area contributed by atoms with Crippen molar-refractivity contribution in [3.05, 3.63) is 48.6 Å². The van der Waals surface area contributed by atoms with Gasteiger partial charge in [0.2, 0.25) is 5.91 Å². The lowest BCUT2D eigenvalue weighted by Gasteiger charge is -2.27. The van der Waals surface area contributed by atoms with Crippen LogP contribution in [0.15, 0.2) is 43.0 Å². The number of benzene rings is 1. The zero-order chi connectivity index (χ0) is 15.0. The number of hydrogen-bond acceptors (Lipinski definition) is 3. The SMILES string of the molecule is C#CCN(C(=O)C=C)C(Cc1ccccc1)C(=O)OC. The van der Waals surface area contributed by atoms with E-state index in [1.807, 2.05) is 30.3 Å². The number of amides is 1. The minimum absolute atomic E-state index is 0.0253. The fraction of sp³-hybridized carbons (Fsp3) is 0.250. The first-order valence-corrected chi connectivity index (χ1v) is 6.12. The molecule has 1 aromatic rings. The molecule has 4 nitrogen and oxygen atoms in total. The van der Waals surface area contributed by atoms with Crippen LogP contribution in [0, 0.1) is 12.3 Å². The van der Waals surface area contributed by atoms with Crippen molar-refractivity contribution in [1.82, 2.24) is 4.90 Å². The standard InChI is InChI=1S/C16H17NO3/c1-4-11-17(15(18)5-2)14(16(19)20-3)12-13-9-7-6-8-10-13/h1,5-10,14H,2,11-12H2,3H3. The van der Waals surface area contributed by atoms with E-state index in [-0.39, 0.29) is 6.54 Å². The molecule has 1 rings (SSSR count). The smallest absolute Gasteiger partial charge is 0.328 e. The van der Waals surface area contributed by atoms with E-state index in [0.29, 0.717) is 6.42 Å². The van der Waals surface area contributed by atoms with Crippen molar-refractivity contribution in [2.45, 2.75) is 12.5 Å². The van der Waals surface area contributed by atoms with Gasteiger partial charge in [-0.05, 0) is 11.6 Å². The third kappa shape index (κ3) is 3.99. The lowest BCUT2D eigenvalue weighted by Crippen LogP contribution is -2.46. The van der Waals surface area contributed by atoms with Crippen LogP contribution >= 0.6 is 0 Å². The molecular weight excluding hydrogens is 254 g/mol. The number of rotatable bonds is 6. The predicted octanol–water partition coefficient (Wildman–Crippen LogP) is 1.42. The first-order valence-electron chi connectivity index (χ1n) is 6.12. The maximum absolute atomic E-state index is 11.9. The average Bonchev–Trinajstić information content (AvgIpc) is 2.50. The van der Waals surface area contributed by atoms with Gasteiger partial charge in [0.1, 0.15) is 6.04 Å². The molecule has 20 heavy (non-hydrogen) atoms. The summed E-state index contributed by atoms with van der Waals surface area (Å²) in [6.45, 7) is 3.45. The van der Waals surface area contributed by atoms with E-state index < -0.39 is 17.9 Å². The molecule has 1 atom stereocenters. The zero-order valence-corrected chi connectivity index (χ0v) is 11.4. The van der Waals surface area contributed by atoms with Gasteiger partial charge in [-0.1, -0.05) is 42.8 Å². The maximum Gasteiger partial charge on any atom is 0.328 e. The van der Waals surface area contributed by atoms with E-state index in [0.717, 1.165) is 11.6 Å². The van der Waals surface area contributed by atoms with E-state index >= 15 is 0 Å². The Bertz CT molecular complexity index is 516. The summed E-state index contributed by atoms with van der Waals surface area (Å²) >= 11 is 0. The van der Waals surface area contributed by atoms with Gasteiger partial charge in [0.05, 0.1) is 13.7 Å². The summed E-state index contributed by atoms with van der Waals surface area (Å²) in [4.78, 5) is 25.1. The fourth-order valence-electron chi connectivity index (χ4n) is 1.85. The van der Waals surface area contributed by atoms with Crippen LogP contribution in [0.5, 0.6) is 0 Å². The molecule has 0 bridgehead atoms. The summed E-state index contributed by atoms with van der Waals surface area (Å²) in [6, 6.07) is 8.61. The van der Waals surface area contributed by atoms with Crippen LogP contribution in [0.3, 0.4) is 0 Å². The number of esters is 1. The molecule has 0 aliphatic carbocycles. The molecule has 4 heteroatoms. The van der Waals surface area contributed by atoms with Crippen molar-refractivity contribution in [3.8, 4) is 12.3 Å². The number of nitrogens with zero attached hydrogens (tertiary/aromatic N) is 1. The molecule has 0 saturated heterocycles. The molecule has 0 aromatic heterocycles. The molecule has 0 spiro atoms. The monoisotopic (exact) mass is 271 g/mol. The third-order valence-electron chi connectivity index (χ3n) is 2.84. The second-order valence-electron chi connectivity index (χ2n) is 4.10. The van der Waals surface area contributed by atoms with Crippen LogP contribution in [0.1, 0.15) is 5.56 Å². The van der Waals surface area contributed by atoms with E-state index in [4.69, 9.17) is 11.2 Å². The van der Waals surface area contributed by atoms with Crippen LogP contribution in [-0.4, -0.2) is 36.5 Å². The Morgan fingerprint density at radius 2 is 2.10 bits per heavy atom. The molecule has 0 saturated carbocycles. The van der Waals surface area contributed by atoms with Gasteiger partial charge in [-0.25, -0.2) is 4.79 Å². The summed E-state index contributed by atoms with van der Waals surface area (Å²) in [6.07, 6.45) is 6.74. The lowest BCUT2D eigenvalue weighted by molar-refractivity contribution is -0.150. The highest BCUT2D eigenvalue weighted by molar-refractivity contribution is 5.91. The van der Waals surface area contributed by atoms with Gasteiger partial charge in [0.25, 0.3) is 0 Å². The number of carbonyl (C=O) groups excluding carboxylic acids is 2. The van der Waals surface area contributed by atoms with E-state index in [9.17, 15) is 9.59 Å². The molecule has 1 amide bonds. The second kappa shape index (κ2) is 7.80. The summed E-state index contributed by atoms with van der Waals surface area (Å²) in [7, 11) is 1.28. The Morgan fingerprint density at radius 1 is 1.45 bits per heavy atom. The van der Waals surface area contributed by atoms with E-state index in [2.05, 4.69) is 12.5 Å². The Hall–Kier alpha value is -2.54. The summed E-state index contributed by atoms with van der Waals surface area (Å²) in [5.41, 5.74) is 0.918. The Morgan fingerprint density at radius 3 is 2.60 bits per heavy atom. The topological polar surface area (TPSA) is 46.6 Å². The average molecular weight is 271 g/mol. The number of carbonyl (C=O) groups is 2. The Labute approximate surface area is 119 Å². The second-order valence-corrected chi connectivity index (χ2v) is 4.10. The maximum atomic E-state index is 11.9. The van der Waals surface area contributed by atoms with Gasteiger partial charge in [-0.3, -0.25) is 4.79 Å². The van der Waals surface area contributed by atoms with Crippen molar-refractivity contribution in [2.75, 3.05) is 13.7 Å². The highest BCUT2D eigenvalue weighted by Gasteiger charge is 2.29. The van der Waals surface area contributed by atoms with Crippen molar-refractivity contribution < 1.29 is 14.3 Å². The number of methoxy groups -OCH3 is 1. The van der Waals surface area contributed by atoms with Crippen molar-refractivity contribution in [3.63, 3.8) is 0 Å². The molecule has 0 heterocycles. The molecule has 1 aromatic carbocycles. The number of ether oxygens (including phenoxy) is 1. The van der Waals surface area contributed by atoms with Crippen LogP contribution in [0.2, 0.25) is 0 Å².